The van der Waals surface area contributed by atoms with Gasteiger partial charge in [-0.05, 0) is 12.5 Å². The monoisotopic (exact) mass is 365 g/mol. The molecular formula is C19H23N7O. The van der Waals surface area contributed by atoms with Crippen molar-refractivity contribution in [1.29, 1.82) is 0 Å². The molecular weight excluding hydrogens is 342 g/mol. The molecule has 0 spiro atoms. The third-order valence-electron chi connectivity index (χ3n) is 5.01. The first-order valence-electron chi connectivity index (χ1n) is 8.99. The van der Waals surface area contributed by atoms with Crippen LogP contribution in [0, 0.1) is 6.92 Å². The zero-order valence-corrected chi connectivity index (χ0v) is 15.8. The largest absolute Gasteiger partial charge is 0.347 e. The molecule has 0 saturated heterocycles. The fourth-order valence-electron chi connectivity index (χ4n) is 3.58. The second-order valence-corrected chi connectivity index (χ2v) is 7.00. The van der Waals surface area contributed by atoms with Crippen LogP contribution in [0.15, 0.2) is 36.5 Å². The van der Waals surface area contributed by atoms with Crippen molar-refractivity contribution in [2.75, 3.05) is 20.6 Å². The summed E-state index contributed by atoms with van der Waals surface area (Å²) in [6.07, 6.45) is 1.84. The van der Waals surface area contributed by atoms with E-state index in [1.165, 1.54) is 0 Å². The Bertz CT molecular complexity index is 944. The highest BCUT2D eigenvalue weighted by molar-refractivity contribution is 5.82. The average Bonchev–Trinajstić information content (AvgIpc) is 3.28. The number of benzene rings is 1. The number of hydrogen-bond acceptors (Lipinski definition) is 5. The average molecular weight is 365 g/mol. The molecule has 1 amide bonds. The SMILES string of the molecule is Cc1nnc2n1CCN(Cc1cn[nH]c1-c1ccccc1)C2C(=O)N(C)C. The van der Waals surface area contributed by atoms with Crippen molar-refractivity contribution in [3.63, 3.8) is 0 Å². The first kappa shape index (κ1) is 17.4. The minimum absolute atomic E-state index is 0.00751. The molecule has 27 heavy (non-hydrogen) atoms. The van der Waals surface area contributed by atoms with Crippen LogP contribution >= 0.6 is 0 Å². The molecule has 1 unspecified atom stereocenters. The van der Waals surface area contributed by atoms with Gasteiger partial charge in [-0.15, -0.1) is 10.2 Å². The van der Waals surface area contributed by atoms with E-state index in [9.17, 15) is 4.79 Å². The van der Waals surface area contributed by atoms with Crippen LogP contribution in [0.25, 0.3) is 11.3 Å². The molecule has 0 fully saturated rings. The Hall–Kier alpha value is -3.00. The molecule has 0 radical (unpaired) electrons. The molecule has 1 atom stereocenters. The number of fused-ring (bicyclic) bond motifs is 1. The highest BCUT2D eigenvalue weighted by atomic mass is 16.2. The summed E-state index contributed by atoms with van der Waals surface area (Å²) in [7, 11) is 3.55. The molecule has 140 valence electrons. The standard InChI is InChI=1S/C19H23N7O/c1-13-21-23-18-17(19(27)24(2)3)25(9-10-26(13)18)12-15-11-20-22-16(15)14-7-5-4-6-8-14/h4-8,11,17H,9-10,12H2,1-3H3,(H,20,22). The van der Waals surface area contributed by atoms with Gasteiger partial charge in [0.25, 0.3) is 0 Å². The van der Waals surface area contributed by atoms with Crippen LogP contribution in [0.1, 0.15) is 23.3 Å². The Morgan fingerprint density at radius 3 is 2.74 bits per heavy atom. The van der Waals surface area contributed by atoms with Crippen molar-refractivity contribution < 1.29 is 4.79 Å². The van der Waals surface area contributed by atoms with Crippen LogP contribution < -0.4 is 0 Å². The minimum atomic E-state index is -0.450. The van der Waals surface area contributed by atoms with Crippen LogP contribution in [-0.2, 0) is 17.9 Å². The van der Waals surface area contributed by atoms with Gasteiger partial charge in [0.05, 0.1) is 11.9 Å². The molecule has 8 nitrogen and oxygen atoms in total. The predicted molar refractivity (Wildman–Crippen MR) is 101 cm³/mol. The van der Waals surface area contributed by atoms with Crippen LogP contribution in [0.3, 0.4) is 0 Å². The van der Waals surface area contributed by atoms with Crippen molar-refractivity contribution in [1.82, 2.24) is 34.8 Å². The van der Waals surface area contributed by atoms with Gasteiger partial charge in [0.15, 0.2) is 11.9 Å². The Balaban J connectivity index is 1.68. The number of amides is 1. The summed E-state index contributed by atoms with van der Waals surface area (Å²) in [6.45, 7) is 4.04. The second kappa shape index (κ2) is 6.96. The lowest BCUT2D eigenvalue weighted by molar-refractivity contribution is -0.136. The van der Waals surface area contributed by atoms with E-state index in [0.717, 1.165) is 35.7 Å². The number of carbonyl (C=O) groups excluding carboxylic acids is 1. The highest BCUT2D eigenvalue weighted by Crippen LogP contribution is 2.30. The molecule has 8 heteroatoms. The van der Waals surface area contributed by atoms with E-state index in [0.29, 0.717) is 12.4 Å². The number of hydrogen-bond donors (Lipinski definition) is 1. The molecule has 3 aromatic rings. The van der Waals surface area contributed by atoms with Crippen molar-refractivity contribution >= 4 is 5.91 Å². The molecule has 4 rings (SSSR count). The van der Waals surface area contributed by atoms with Gasteiger partial charge >= 0.3 is 0 Å². The van der Waals surface area contributed by atoms with Crippen molar-refractivity contribution in [2.24, 2.45) is 0 Å². The van der Waals surface area contributed by atoms with Gasteiger partial charge < -0.3 is 9.47 Å². The molecule has 1 aromatic carbocycles. The number of aromatic nitrogens is 5. The highest BCUT2D eigenvalue weighted by Gasteiger charge is 2.37. The maximum Gasteiger partial charge on any atom is 0.247 e. The maximum atomic E-state index is 12.9. The fourth-order valence-corrected chi connectivity index (χ4v) is 3.58. The predicted octanol–water partition coefficient (Wildman–Crippen LogP) is 1.62. The van der Waals surface area contributed by atoms with Gasteiger partial charge in [-0.3, -0.25) is 14.8 Å². The minimum Gasteiger partial charge on any atom is -0.347 e. The zero-order valence-electron chi connectivity index (χ0n) is 15.8. The van der Waals surface area contributed by atoms with Gasteiger partial charge in [0, 0.05) is 39.3 Å². The summed E-state index contributed by atoms with van der Waals surface area (Å²) < 4.78 is 2.04. The molecule has 1 N–H and O–H groups in total. The lowest BCUT2D eigenvalue weighted by Crippen LogP contribution is -2.45. The second-order valence-electron chi connectivity index (χ2n) is 7.00. The number of likely N-dealkylation sites (N-methyl/N-ethyl adjacent to an activating group) is 1. The fraction of sp³-hybridized carbons (Fsp3) is 0.368. The Labute approximate surface area is 157 Å². The Kier molecular flexibility index (Phi) is 4.49. The number of nitrogens with zero attached hydrogens (tertiary/aromatic N) is 6. The zero-order chi connectivity index (χ0) is 19.0. The van der Waals surface area contributed by atoms with E-state index in [2.05, 4.69) is 37.4 Å². The van der Waals surface area contributed by atoms with Gasteiger partial charge in [-0.1, -0.05) is 30.3 Å². The molecule has 1 aliphatic heterocycles. The van der Waals surface area contributed by atoms with Crippen LogP contribution in [-0.4, -0.2) is 61.3 Å². The first-order valence-corrected chi connectivity index (χ1v) is 8.99. The number of nitrogens with one attached hydrogen (secondary N) is 1. The van der Waals surface area contributed by atoms with Gasteiger partial charge in [0.1, 0.15) is 5.82 Å². The van der Waals surface area contributed by atoms with Crippen molar-refractivity contribution in [2.45, 2.75) is 26.1 Å². The summed E-state index contributed by atoms with van der Waals surface area (Å²) >= 11 is 0. The smallest absolute Gasteiger partial charge is 0.247 e. The summed E-state index contributed by atoms with van der Waals surface area (Å²) in [5.41, 5.74) is 3.12. The molecule has 3 heterocycles. The number of H-pyrrole nitrogens is 1. The summed E-state index contributed by atoms with van der Waals surface area (Å²) in [6, 6.07) is 9.65. The lowest BCUT2D eigenvalue weighted by atomic mass is 10.1. The third kappa shape index (κ3) is 3.12. The van der Waals surface area contributed by atoms with Crippen LogP contribution in [0.5, 0.6) is 0 Å². The van der Waals surface area contributed by atoms with E-state index < -0.39 is 6.04 Å². The first-order chi connectivity index (χ1) is 13.1. The topological polar surface area (TPSA) is 82.9 Å². The van der Waals surface area contributed by atoms with Gasteiger partial charge in [0.2, 0.25) is 5.91 Å². The Morgan fingerprint density at radius 1 is 1.22 bits per heavy atom. The van der Waals surface area contributed by atoms with Crippen molar-refractivity contribution in [3.8, 4) is 11.3 Å². The summed E-state index contributed by atoms with van der Waals surface area (Å²) in [5, 5.41) is 15.8. The quantitative estimate of drug-likeness (QED) is 0.760. The summed E-state index contributed by atoms with van der Waals surface area (Å²) in [4.78, 5) is 16.7. The third-order valence-corrected chi connectivity index (χ3v) is 5.01. The Morgan fingerprint density at radius 2 is 2.00 bits per heavy atom. The molecule has 1 aliphatic rings. The lowest BCUT2D eigenvalue weighted by Gasteiger charge is -2.35. The normalized spacial score (nSPS) is 16.9. The molecule has 2 aromatic heterocycles. The molecule has 0 saturated carbocycles. The van der Waals surface area contributed by atoms with E-state index in [-0.39, 0.29) is 5.91 Å². The van der Waals surface area contributed by atoms with E-state index in [4.69, 9.17) is 0 Å². The number of aryl methyl sites for hydroxylation is 1. The van der Waals surface area contributed by atoms with Crippen LogP contribution in [0.2, 0.25) is 0 Å². The van der Waals surface area contributed by atoms with Crippen molar-refractivity contribution in [3.05, 3.63) is 53.7 Å². The number of aromatic amines is 1. The maximum absolute atomic E-state index is 12.9. The summed E-state index contributed by atoms with van der Waals surface area (Å²) in [5.74, 6) is 1.56. The van der Waals surface area contributed by atoms with E-state index in [1.54, 1.807) is 19.0 Å². The van der Waals surface area contributed by atoms with E-state index in [1.807, 2.05) is 35.9 Å². The van der Waals surface area contributed by atoms with Gasteiger partial charge in [-0.2, -0.15) is 5.10 Å². The molecule has 0 aliphatic carbocycles. The van der Waals surface area contributed by atoms with E-state index >= 15 is 0 Å². The number of carbonyl (C=O) groups is 1. The number of rotatable bonds is 4. The molecule has 0 bridgehead atoms. The van der Waals surface area contributed by atoms with Crippen LogP contribution in [0.4, 0.5) is 0 Å². The van der Waals surface area contributed by atoms with Gasteiger partial charge in [-0.25, -0.2) is 0 Å².